The van der Waals surface area contributed by atoms with Crippen LogP contribution in [0.4, 0.5) is 17.6 Å². The third kappa shape index (κ3) is 3.27. The van der Waals surface area contributed by atoms with Crippen molar-refractivity contribution >= 4 is 65.1 Å². The van der Waals surface area contributed by atoms with Gasteiger partial charge in [0.15, 0.2) is 17.4 Å². The SMILES string of the molecule is BCNC(=O)c1c(F)c(F)c(F)c(F)c1OC.[K]. The number of amides is 1. The summed E-state index contributed by atoms with van der Waals surface area (Å²) in [5.41, 5.74) is -0.995. The molecule has 0 aliphatic carbocycles. The van der Waals surface area contributed by atoms with E-state index in [-0.39, 0.29) is 57.8 Å². The number of halogens is 4. The summed E-state index contributed by atoms with van der Waals surface area (Å²) in [7, 11) is 2.44. The number of hydrogen-bond acceptors (Lipinski definition) is 2. The fourth-order valence-electron chi connectivity index (χ4n) is 1.25. The Morgan fingerprint density at radius 3 is 2.11 bits per heavy atom. The van der Waals surface area contributed by atoms with E-state index in [1.807, 2.05) is 0 Å². The van der Waals surface area contributed by atoms with E-state index in [9.17, 15) is 22.4 Å². The third-order valence-electron chi connectivity index (χ3n) is 1.99. The number of methoxy groups -OCH3 is 1. The summed E-state index contributed by atoms with van der Waals surface area (Å²) < 4.78 is 56.7. The molecule has 0 heterocycles. The van der Waals surface area contributed by atoms with Crippen LogP contribution in [0.5, 0.6) is 5.75 Å². The number of ether oxygens (including phenoxy) is 1. The van der Waals surface area contributed by atoms with Gasteiger partial charge in [0, 0.05) is 51.4 Å². The van der Waals surface area contributed by atoms with Gasteiger partial charge in [0.1, 0.15) is 13.4 Å². The zero-order valence-electron chi connectivity index (χ0n) is 10.0. The quantitative estimate of drug-likeness (QED) is 0.373. The van der Waals surface area contributed by atoms with Crippen LogP contribution in [0, 0.1) is 23.3 Å². The molecule has 0 bridgehead atoms. The molecule has 0 fully saturated rings. The van der Waals surface area contributed by atoms with Crippen LogP contribution in [0.15, 0.2) is 0 Å². The minimum atomic E-state index is -2.05. The third-order valence-corrected chi connectivity index (χ3v) is 1.99. The average Bonchev–Trinajstić information content (AvgIpc) is 2.31. The second kappa shape index (κ2) is 7.49. The van der Waals surface area contributed by atoms with E-state index in [2.05, 4.69) is 10.1 Å². The Morgan fingerprint density at radius 1 is 1.17 bits per heavy atom. The molecule has 1 aromatic carbocycles. The van der Waals surface area contributed by atoms with Crippen LogP contribution in [0.2, 0.25) is 0 Å². The molecule has 0 aliphatic rings. The van der Waals surface area contributed by atoms with E-state index in [0.29, 0.717) is 0 Å². The first-order valence-electron chi connectivity index (χ1n) is 4.63. The molecule has 0 unspecified atom stereocenters. The van der Waals surface area contributed by atoms with Gasteiger partial charge in [0.25, 0.3) is 5.91 Å². The summed E-state index contributed by atoms with van der Waals surface area (Å²) >= 11 is 0. The molecule has 0 aliphatic heterocycles. The predicted octanol–water partition coefficient (Wildman–Crippen LogP) is 0.191. The summed E-state index contributed by atoms with van der Waals surface area (Å²) in [5, 5.41) is 2.14. The first kappa shape index (κ1) is 17.9. The summed E-state index contributed by atoms with van der Waals surface area (Å²) in [4.78, 5) is 11.4. The van der Waals surface area contributed by atoms with Crippen molar-refractivity contribution in [2.75, 3.05) is 13.6 Å². The van der Waals surface area contributed by atoms with Crippen molar-refractivity contribution in [3.8, 4) is 5.75 Å². The van der Waals surface area contributed by atoms with E-state index in [4.69, 9.17) is 0 Å². The maximum absolute atomic E-state index is 13.3. The van der Waals surface area contributed by atoms with Crippen molar-refractivity contribution < 1.29 is 27.1 Å². The molecule has 0 aromatic heterocycles. The summed E-state index contributed by atoms with van der Waals surface area (Å²) in [6.07, 6.45) is 0.113. The number of nitrogens with one attached hydrogen (secondary N) is 1. The smallest absolute Gasteiger partial charge is 0.257 e. The van der Waals surface area contributed by atoms with Crippen LogP contribution >= 0.6 is 0 Å². The van der Waals surface area contributed by atoms with Gasteiger partial charge in [-0.2, -0.15) is 4.39 Å². The Morgan fingerprint density at radius 2 is 1.67 bits per heavy atom. The Hall–Kier alpha value is -0.0887. The molecule has 0 atom stereocenters. The van der Waals surface area contributed by atoms with E-state index in [0.717, 1.165) is 7.11 Å². The van der Waals surface area contributed by atoms with Gasteiger partial charge in [-0.3, -0.25) is 4.79 Å². The van der Waals surface area contributed by atoms with Crippen molar-refractivity contribution in [3.05, 3.63) is 28.8 Å². The topological polar surface area (TPSA) is 38.3 Å². The van der Waals surface area contributed by atoms with Crippen LogP contribution in [-0.4, -0.2) is 78.7 Å². The fraction of sp³-hybridized carbons (Fsp3) is 0.222. The molecule has 9 heteroatoms. The molecule has 0 saturated carbocycles. The van der Waals surface area contributed by atoms with Gasteiger partial charge in [-0.05, 0) is 6.44 Å². The molecule has 18 heavy (non-hydrogen) atoms. The van der Waals surface area contributed by atoms with E-state index >= 15 is 0 Å². The van der Waals surface area contributed by atoms with Gasteiger partial charge >= 0.3 is 0 Å². The second-order valence-corrected chi connectivity index (χ2v) is 3.02. The monoisotopic (exact) mass is 288 g/mol. The minimum Gasteiger partial charge on any atom is -0.493 e. The van der Waals surface area contributed by atoms with E-state index in [1.165, 1.54) is 7.85 Å². The van der Waals surface area contributed by atoms with Gasteiger partial charge in [-0.15, -0.1) is 0 Å². The first-order valence-corrected chi connectivity index (χ1v) is 4.63. The van der Waals surface area contributed by atoms with E-state index < -0.39 is 40.5 Å². The standard InChI is InChI=1S/C9H8BF4NO2.K/c1-17-8-3(9(16)15-2-10)4(11)5(12)6(13)7(8)14;/h2,10H2,1H3,(H,15,16);. The van der Waals surface area contributed by atoms with Crippen LogP contribution < -0.4 is 10.1 Å². The van der Waals surface area contributed by atoms with Gasteiger partial charge in [-0.25, -0.2) is 13.2 Å². The molecule has 93 valence electrons. The number of carbonyl (C=O) groups is 1. The zero-order chi connectivity index (χ0) is 13.2. The van der Waals surface area contributed by atoms with Crippen LogP contribution in [0.25, 0.3) is 0 Å². The van der Waals surface area contributed by atoms with Gasteiger partial charge in [0.05, 0.1) is 7.11 Å². The average molecular weight is 288 g/mol. The number of benzene rings is 1. The predicted molar refractivity (Wildman–Crippen MR) is 59.5 cm³/mol. The fourth-order valence-corrected chi connectivity index (χ4v) is 1.25. The second-order valence-electron chi connectivity index (χ2n) is 3.02. The maximum atomic E-state index is 13.3. The van der Waals surface area contributed by atoms with Crippen molar-refractivity contribution in [1.82, 2.24) is 5.32 Å². The van der Waals surface area contributed by atoms with Gasteiger partial charge in [0.2, 0.25) is 11.6 Å². The zero-order valence-corrected chi connectivity index (χ0v) is 13.2. The summed E-state index contributed by atoms with van der Waals surface area (Å²) in [6.45, 7) is 0. The Balaban J connectivity index is 0.00000289. The number of carbonyl (C=O) groups excluding carboxylic acids is 1. The Bertz CT molecular complexity index is 473. The van der Waals surface area contributed by atoms with Crippen molar-refractivity contribution in [2.24, 2.45) is 0 Å². The molecule has 1 amide bonds. The largest absolute Gasteiger partial charge is 0.493 e. The molecule has 0 spiro atoms. The van der Waals surface area contributed by atoms with Gasteiger partial charge in [-0.1, -0.05) is 0 Å². The normalized spacial score (nSPS) is 9.61. The van der Waals surface area contributed by atoms with Crippen LogP contribution in [0.1, 0.15) is 10.4 Å². The summed E-state index contributed by atoms with van der Waals surface area (Å²) in [5.74, 6) is -9.65. The van der Waals surface area contributed by atoms with E-state index in [1.54, 1.807) is 0 Å². The molecular weight excluding hydrogens is 280 g/mol. The molecule has 1 rings (SSSR count). The minimum absolute atomic E-state index is 0. The number of hydrogen-bond donors (Lipinski definition) is 1. The van der Waals surface area contributed by atoms with Crippen LogP contribution in [-0.2, 0) is 0 Å². The van der Waals surface area contributed by atoms with Gasteiger partial charge < -0.3 is 10.1 Å². The maximum Gasteiger partial charge on any atom is 0.257 e. The Kier molecular flexibility index (Phi) is 7.45. The molecule has 1 N–H and O–H groups in total. The van der Waals surface area contributed by atoms with Crippen LogP contribution in [0.3, 0.4) is 0 Å². The number of rotatable bonds is 3. The summed E-state index contributed by atoms with van der Waals surface area (Å²) in [6, 6.07) is 0. The molecule has 1 radical (unpaired) electrons. The molecule has 3 nitrogen and oxygen atoms in total. The van der Waals surface area contributed by atoms with Crippen molar-refractivity contribution in [1.29, 1.82) is 0 Å². The first-order chi connectivity index (χ1) is 7.95. The Labute approximate surface area is 144 Å². The van der Waals surface area contributed by atoms with Crippen molar-refractivity contribution in [3.63, 3.8) is 0 Å². The molecular formula is C9H8BF4KNO2. The molecule has 0 saturated heterocycles. The molecule has 1 aromatic rings. The van der Waals surface area contributed by atoms with Crippen molar-refractivity contribution in [2.45, 2.75) is 0 Å².